The molecule has 0 saturated heterocycles. The van der Waals surface area contributed by atoms with E-state index in [1.54, 1.807) is 13.8 Å². The molecule has 1 aromatic rings. The Morgan fingerprint density at radius 3 is 2.37 bits per heavy atom. The van der Waals surface area contributed by atoms with Gasteiger partial charge in [0.05, 0.1) is 12.5 Å². The number of rotatable bonds is 5. The molecule has 0 aliphatic heterocycles. The minimum Gasteiger partial charge on any atom is -0.481 e. The summed E-state index contributed by atoms with van der Waals surface area (Å²) >= 11 is 0. The van der Waals surface area contributed by atoms with Gasteiger partial charge in [0, 0.05) is 5.54 Å². The molecule has 0 spiro atoms. The zero-order valence-corrected chi connectivity index (χ0v) is 11.4. The van der Waals surface area contributed by atoms with E-state index in [9.17, 15) is 9.59 Å². The largest absolute Gasteiger partial charge is 0.481 e. The summed E-state index contributed by atoms with van der Waals surface area (Å²) in [6.07, 6.45) is -0.125. The van der Waals surface area contributed by atoms with Crippen molar-refractivity contribution in [3.63, 3.8) is 0 Å². The number of amides is 2. The number of hydrogen-bond acceptors (Lipinski definition) is 2. The van der Waals surface area contributed by atoms with Gasteiger partial charge in [-0.3, -0.25) is 4.79 Å². The average molecular weight is 264 g/mol. The molecule has 0 aromatic heterocycles. The number of nitrogens with one attached hydrogen (secondary N) is 2. The Morgan fingerprint density at radius 1 is 1.26 bits per heavy atom. The van der Waals surface area contributed by atoms with E-state index in [2.05, 4.69) is 10.6 Å². The molecule has 104 valence electrons. The second-order valence-corrected chi connectivity index (χ2v) is 5.19. The number of carboxylic acids is 1. The Hall–Kier alpha value is -2.04. The van der Waals surface area contributed by atoms with Crippen LogP contribution in [0.3, 0.4) is 0 Å². The Bertz CT molecular complexity index is 443. The number of carbonyl (C=O) groups excluding carboxylic acids is 1. The molecule has 1 unspecified atom stereocenters. The predicted molar refractivity (Wildman–Crippen MR) is 72.9 cm³/mol. The second kappa shape index (κ2) is 6.22. The van der Waals surface area contributed by atoms with Crippen LogP contribution in [-0.4, -0.2) is 22.6 Å². The summed E-state index contributed by atoms with van der Waals surface area (Å²) in [5, 5.41) is 14.2. The molecule has 1 atom stereocenters. The molecule has 3 N–H and O–H groups in total. The normalized spacial score (nSPS) is 12.6. The molecule has 0 fully saturated rings. The fraction of sp³-hybridized carbons (Fsp3) is 0.429. The maximum absolute atomic E-state index is 11.8. The molecular weight excluding hydrogens is 244 g/mol. The van der Waals surface area contributed by atoms with Gasteiger partial charge in [-0.25, -0.2) is 4.79 Å². The Balaban J connectivity index is 2.54. The fourth-order valence-electron chi connectivity index (χ4n) is 1.79. The second-order valence-electron chi connectivity index (χ2n) is 5.19. The number of hydrogen-bond donors (Lipinski definition) is 3. The first kappa shape index (κ1) is 15.0. The molecule has 0 aliphatic rings. The summed E-state index contributed by atoms with van der Waals surface area (Å²) in [5.41, 5.74) is 0.209. The van der Waals surface area contributed by atoms with Crippen LogP contribution in [0, 0.1) is 0 Å². The lowest BCUT2D eigenvalue weighted by Crippen LogP contribution is -2.49. The van der Waals surface area contributed by atoms with Crippen molar-refractivity contribution in [2.45, 2.75) is 38.8 Å². The number of aliphatic carboxylic acids is 1. The third-order valence-electron chi connectivity index (χ3n) is 2.69. The molecule has 0 saturated carbocycles. The average Bonchev–Trinajstić information content (AvgIpc) is 2.27. The summed E-state index contributed by atoms with van der Waals surface area (Å²) in [7, 11) is 0. The van der Waals surface area contributed by atoms with E-state index in [1.165, 1.54) is 0 Å². The smallest absolute Gasteiger partial charge is 0.315 e. The van der Waals surface area contributed by atoms with Gasteiger partial charge < -0.3 is 15.7 Å². The maximum Gasteiger partial charge on any atom is 0.315 e. The molecule has 5 heteroatoms. The molecule has 0 radical (unpaired) electrons. The molecule has 0 heterocycles. The van der Waals surface area contributed by atoms with Crippen LogP contribution in [0.4, 0.5) is 4.79 Å². The molecule has 0 aliphatic carbocycles. The first-order chi connectivity index (χ1) is 8.80. The van der Waals surface area contributed by atoms with E-state index in [1.807, 2.05) is 37.3 Å². The predicted octanol–water partition coefficient (Wildman–Crippen LogP) is 2.30. The van der Waals surface area contributed by atoms with E-state index < -0.39 is 11.5 Å². The minimum atomic E-state index is -0.943. The zero-order valence-electron chi connectivity index (χ0n) is 11.4. The zero-order chi connectivity index (χ0) is 14.5. The summed E-state index contributed by atoms with van der Waals surface area (Å²) in [4.78, 5) is 22.5. The SMILES string of the molecule is CC(NC(=O)NC(C)(C)CC(=O)O)c1ccccc1. The Kier molecular flexibility index (Phi) is 4.92. The van der Waals surface area contributed by atoms with Crippen LogP contribution < -0.4 is 10.6 Å². The van der Waals surface area contributed by atoms with Gasteiger partial charge in [-0.15, -0.1) is 0 Å². The topological polar surface area (TPSA) is 78.4 Å². The standard InChI is InChI=1S/C14H20N2O3/c1-10(11-7-5-4-6-8-11)15-13(19)16-14(2,3)9-12(17)18/h4-8,10H,9H2,1-3H3,(H,17,18)(H2,15,16,19). The van der Waals surface area contributed by atoms with Gasteiger partial charge in [0.15, 0.2) is 0 Å². The fourth-order valence-corrected chi connectivity index (χ4v) is 1.79. The van der Waals surface area contributed by atoms with Crippen molar-refractivity contribution in [3.8, 4) is 0 Å². The molecular formula is C14H20N2O3. The van der Waals surface area contributed by atoms with Gasteiger partial charge >= 0.3 is 12.0 Å². The van der Waals surface area contributed by atoms with E-state index in [4.69, 9.17) is 5.11 Å². The highest BCUT2D eigenvalue weighted by molar-refractivity contribution is 5.76. The summed E-state index contributed by atoms with van der Waals surface area (Å²) in [5.74, 6) is -0.943. The number of carboxylic acid groups (broad SMARTS) is 1. The third-order valence-corrected chi connectivity index (χ3v) is 2.69. The highest BCUT2D eigenvalue weighted by Crippen LogP contribution is 2.12. The summed E-state index contributed by atoms with van der Waals surface area (Å²) < 4.78 is 0. The van der Waals surface area contributed by atoms with E-state index in [-0.39, 0.29) is 18.5 Å². The Labute approximate surface area is 113 Å². The van der Waals surface area contributed by atoms with E-state index in [0.717, 1.165) is 5.56 Å². The van der Waals surface area contributed by atoms with Gasteiger partial charge in [-0.1, -0.05) is 30.3 Å². The first-order valence-corrected chi connectivity index (χ1v) is 6.15. The van der Waals surface area contributed by atoms with Gasteiger partial charge in [0.2, 0.25) is 0 Å². The van der Waals surface area contributed by atoms with Crippen molar-refractivity contribution in [3.05, 3.63) is 35.9 Å². The molecule has 5 nitrogen and oxygen atoms in total. The van der Waals surface area contributed by atoms with E-state index in [0.29, 0.717) is 0 Å². The first-order valence-electron chi connectivity index (χ1n) is 6.15. The van der Waals surface area contributed by atoms with Crippen molar-refractivity contribution in [2.75, 3.05) is 0 Å². The van der Waals surface area contributed by atoms with Crippen LogP contribution in [0.2, 0.25) is 0 Å². The van der Waals surface area contributed by atoms with Crippen molar-refractivity contribution < 1.29 is 14.7 Å². The van der Waals surface area contributed by atoms with Crippen LogP contribution in [-0.2, 0) is 4.79 Å². The lowest BCUT2D eigenvalue weighted by atomic mass is 10.0. The summed E-state index contributed by atoms with van der Waals surface area (Å²) in [6.45, 7) is 5.22. The van der Waals surface area contributed by atoms with Crippen LogP contribution >= 0.6 is 0 Å². The molecule has 2 amide bonds. The monoisotopic (exact) mass is 264 g/mol. The number of carbonyl (C=O) groups is 2. The van der Waals surface area contributed by atoms with Gasteiger partial charge in [-0.2, -0.15) is 0 Å². The van der Waals surface area contributed by atoms with Crippen LogP contribution in [0.1, 0.15) is 38.8 Å². The number of benzene rings is 1. The number of urea groups is 1. The quantitative estimate of drug-likeness (QED) is 0.763. The highest BCUT2D eigenvalue weighted by Gasteiger charge is 2.24. The van der Waals surface area contributed by atoms with Crippen molar-refractivity contribution in [1.29, 1.82) is 0 Å². The minimum absolute atomic E-state index is 0.125. The van der Waals surface area contributed by atoms with Gasteiger partial charge in [0.1, 0.15) is 0 Å². The van der Waals surface area contributed by atoms with Crippen molar-refractivity contribution in [1.82, 2.24) is 10.6 Å². The molecule has 1 aromatic carbocycles. The maximum atomic E-state index is 11.8. The van der Waals surface area contributed by atoms with Crippen molar-refractivity contribution >= 4 is 12.0 Å². The van der Waals surface area contributed by atoms with Crippen LogP contribution in [0.15, 0.2) is 30.3 Å². The third kappa shape index (κ3) is 5.42. The van der Waals surface area contributed by atoms with Crippen LogP contribution in [0.25, 0.3) is 0 Å². The van der Waals surface area contributed by atoms with Gasteiger partial charge in [0.25, 0.3) is 0 Å². The molecule has 19 heavy (non-hydrogen) atoms. The lowest BCUT2D eigenvalue weighted by molar-refractivity contribution is -0.138. The highest BCUT2D eigenvalue weighted by atomic mass is 16.4. The van der Waals surface area contributed by atoms with E-state index >= 15 is 0 Å². The van der Waals surface area contributed by atoms with Crippen LogP contribution in [0.5, 0.6) is 0 Å². The summed E-state index contributed by atoms with van der Waals surface area (Å²) in [6, 6.07) is 9.05. The van der Waals surface area contributed by atoms with Crippen molar-refractivity contribution in [2.24, 2.45) is 0 Å². The molecule has 1 rings (SSSR count). The van der Waals surface area contributed by atoms with Gasteiger partial charge in [-0.05, 0) is 26.3 Å². The lowest BCUT2D eigenvalue weighted by Gasteiger charge is -2.25. The molecule has 0 bridgehead atoms. The Morgan fingerprint density at radius 2 is 1.84 bits per heavy atom.